The number of benzene rings is 9. The Hall–Kier alpha value is -7.94. The Morgan fingerprint density at radius 3 is 1.92 bits per heavy atom. The van der Waals surface area contributed by atoms with Gasteiger partial charge >= 0.3 is 0 Å². The van der Waals surface area contributed by atoms with Gasteiger partial charge in [-0.3, -0.25) is 0 Å². The number of fused-ring (bicyclic) bond motifs is 11. The van der Waals surface area contributed by atoms with Crippen LogP contribution in [-0.4, -0.2) is 0 Å². The summed E-state index contributed by atoms with van der Waals surface area (Å²) >= 11 is 0. The summed E-state index contributed by atoms with van der Waals surface area (Å²) in [7, 11) is 0. The van der Waals surface area contributed by atoms with Crippen LogP contribution < -0.4 is 0 Å². The Labute approximate surface area is 366 Å². The fourth-order valence-corrected chi connectivity index (χ4v) is 10.5. The molecule has 0 bridgehead atoms. The van der Waals surface area contributed by atoms with E-state index in [4.69, 9.17) is 15.4 Å². The first-order valence-electron chi connectivity index (χ1n) is 21.6. The second-order valence-electron chi connectivity index (χ2n) is 17.4. The lowest BCUT2D eigenvalue weighted by Crippen LogP contribution is -2.15. The van der Waals surface area contributed by atoms with Gasteiger partial charge in [0.25, 0.3) is 0 Å². The largest absolute Gasteiger partial charge is 0.464 e. The second-order valence-corrected chi connectivity index (χ2v) is 17.4. The van der Waals surface area contributed by atoms with Crippen molar-refractivity contribution in [2.45, 2.75) is 19.3 Å². The van der Waals surface area contributed by atoms with E-state index in [1.807, 2.05) is 18.2 Å². The summed E-state index contributed by atoms with van der Waals surface area (Å²) in [4.78, 5) is 0. The van der Waals surface area contributed by atoms with Crippen LogP contribution in [-0.2, 0) is 5.41 Å². The SMILES string of the molecule is C=C/C=C\c1coc2cc3ccc4c5cc(-c6ccc7c(c6)C(C)(C)c6cc(-c8c9ccccc9c(C(=C)c9ccccc9C=C)c9ccccc89)ccc6-7)ccc5oc4c3cc12. The van der Waals surface area contributed by atoms with Crippen LogP contribution >= 0.6 is 0 Å². The number of allylic oxidation sites excluding steroid dienone is 2. The van der Waals surface area contributed by atoms with E-state index >= 15 is 0 Å². The minimum Gasteiger partial charge on any atom is -0.464 e. The van der Waals surface area contributed by atoms with Crippen LogP contribution in [0.15, 0.2) is 199 Å². The normalized spacial score (nSPS) is 13.2. The highest BCUT2D eigenvalue weighted by Gasteiger charge is 2.36. The quantitative estimate of drug-likeness (QED) is 0.118. The minimum atomic E-state index is -0.228. The van der Waals surface area contributed by atoms with E-state index in [1.165, 1.54) is 60.5 Å². The predicted molar refractivity (Wildman–Crippen MR) is 268 cm³/mol. The first-order valence-corrected chi connectivity index (χ1v) is 21.6. The Bertz CT molecular complexity index is 3770. The van der Waals surface area contributed by atoms with Crippen molar-refractivity contribution >= 4 is 83.0 Å². The van der Waals surface area contributed by atoms with Crippen LogP contribution in [0.3, 0.4) is 0 Å². The van der Waals surface area contributed by atoms with Crippen molar-refractivity contribution in [3.63, 3.8) is 0 Å². The smallest absolute Gasteiger partial charge is 0.143 e. The highest BCUT2D eigenvalue weighted by molar-refractivity contribution is 6.21. The van der Waals surface area contributed by atoms with E-state index in [2.05, 4.69) is 179 Å². The van der Waals surface area contributed by atoms with Crippen LogP contribution in [0.1, 0.15) is 47.2 Å². The lowest BCUT2D eigenvalue weighted by Gasteiger charge is -2.24. The zero-order valence-electron chi connectivity index (χ0n) is 35.3. The Balaban J connectivity index is 0.955. The van der Waals surface area contributed by atoms with E-state index in [-0.39, 0.29) is 5.41 Å². The molecule has 0 aliphatic heterocycles. The summed E-state index contributed by atoms with van der Waals surface area (Å²) in [6.07, 6.45) is 9.46. The first kappa shape index (κ1) is 36.9. The second kappa shape index (κ2) is 13.8. The summed E-state index contributed by atoms with van der Waals surface area (Å²) in [6, 6.07) is 55.4. The lowest BCUT2D eigenvalue weighted by atomic mass is 9.79. The summed E-state index contributed by atoms with van der Waals surface area (Å²) in [5.74, 6) is 0. The number of hydrogen-bond donors (Lipinski definition) is 0. The molecule has 0 saturated carbocycles. The average molecular weight is 807 g/mol. The maximum Gasteiger partial charge on any atom is 0.143 e. The van der Waals surface area contributed by atoms with Crippen molar-refractivity contribution in [2.24, 2.45) is 0 Å². The average Bonchev–Trinajstić information content (AvgIpc) is 3.97. The number of furan rings is 2. The van der Waals surface area contributed by atoms with E-state index in [0.29, 0.717) is 0 Å². The van der Waals surface area contributed by atoms with Gasteiger partial charge in [0, 0.05) is 32.5 Å². The van der Waals surface area contributed by atoms with E-state index in [1.54, 1.807) is 12.3 Å². The topological polar surface area (TPSA) is 26.3 Å². The summed E-state index contributed by atoms with van der Waals surface area (Å²) < 4.78 is 12.6. The van der Waals surface area contributed by atoms with Crippen LogP contribution in [0, 0.1) is 0 Å². The third-order valence-electron chi connectivity index (χ3n) is 13.6. The zero-order valence-corrected chi connectivity index (χ0v) is 35.3. The molecule has 63 heavy (non-hydrogen) atoms. The fourth-order valence-electron chi connectivity index (χ4n) is 10.5. The highest BCUT2D eigenvalue weighted by Crippen LogP contribution is 2.52. The van der Waals surface area contributed by atoms with Crippen molar-refractivity contribution in [3.8, 4) is 33.4 Å². The molecule has 0 spiro atoms. The minimum absolute atomic E-state index is 0.228. The van der Waals surface area contributed by atoms with Gasteiger partial charge in [-0.25, -0.2) is 0 Å². The van der Waals surface area contributed by atoms with E-state index in [9.17, 15) is 0 Å². The van der Waals surface area contributed by atoms with Crippen LogP contribution in [0.4, 0.5) is 0 Å². The molecule has 12 rings (SSSR count). The Morgan fingerprint density at radius 1 is 0.540 bits per heavy atom. The van der Waals surface area contributed by atoms with E-state index < -0.39 is 0 Å². The summed E-state index contributed by atoms with van der Waals surface area (Å²) in [5.41, 5.74) is 17.8. The fraction of sp³-hybridized carbons (Fsp3) is 0.0492. The molecule has 9 aromatic carbocycles. The zero-order chi connectivity index (χ0) is 42.6. The van der Waals surface area contributed by atoms with Crippen LogP contribution in [0.5, 0.6) is 0 Å². The van der Waals surface area contributed by atoms with Gasteiger partial charge in [-0.2, -0.15) is 0 Å². The maximum atomic E-state index is 6.63. The highest BCUT2D eigenvalue weighted by atomic mass is 16.3. The maximum absolute atomic E-state index is 6.63. The van der Waals surface area contributed by atoms with Gasteiger partial charge in [0.2, 0.25) is 0 Å². The van der Waals surface area contributed by atoms with Gasteiger partial charge in [-0.05, 0) is 136 Å². The molecule has 298 valence electrons. The van der Waals surface area contributed by atoms with Gasteiger partial charge < -0.3 is 8.83 Å². The Kier molecular flexibility index (Phi) is 8.07. The molecule has 0 atom stereocenters. The molecule has 0 fully saturated rings. The van der Waals surface area contributed by atoms with E-state index in [0.717, 1.165) is 77.1 Å². The predicted octanol–water partition coefficient (Wildman–Crippen LogP) is 17.3. The van der Waals surface area contributed by atoms with Crippen LogP contribution in [0.2, 0.25) is 0 Å². The van der Waals surface area contributed by atoms with Crippen molar-refractivity contribution in [1.82, 2.24) is 0 Å². The number of hydrogen-bond acceptors (Lipinski definition) is 2. The van der Waals surface area contributed by atoms with Crippen molar-refractivity contribution in [1.29, 1.82) is 0 Å². The standard InChI is InChI=1S/C61H42O2/c1-6-8-15-42-35-62-57-33-40-23-28-50-53-30-38(25-29-56(53)63-60(50)52(40)34-51(42)57)39-22-26-44-45-27-24-41(32-55(45)61(4,5)54(44)31-39)59-48-20-13-11-18-46(48)58(47-19-12-14-21-49(47)59)36(3)43-17-10-9-16-37(43)7-2/h6-35H,1-3H2,4-5H3/b15-8-. The third kappa shape index (κ3) is 5.44. The molecule has 11 aromatic rings. The molecule has 0 saturated heterocycles. The van der Waals surface area contributed by atoms with Gasteiger partial charge in [0.05, 0.1) is 6.26 Å². The first-order chi connectivity index (χ1) is 30.8. The third-order valence-corrected chi connectivity index (χ3v) is 13.6. The lowest BCUT2D eigenvalue weighted by molar-refractivity contribution is 0.615. The van der Waals surface area contributed by atoms with Crippen molar-refractivity contribution < 1.29 is 8.83 Å². The molecule has 0 N–H and O–H groups in total. The monoisotopic (exact) mass is 806 g/mol. The molecule has 2 aromatic heterocycles. The Morgan fingerprint density at radius 2 is 1.19 bits per heavy atom. The van der Waals surface area contributed by atoms with Crippen molar-refractivity contribution in [3.05, 3.63) is 223 Å². The molecular formula is C61H42O2. The van der Waals surface area contributed by atoms with Crippen molar-refractivity contribution in [2.75, 3.05) is 0 Å². The molecule has 0 unspecified atom stereocenters. The van der Waals surface area contributed by atoms with Gasteiger partial charge in [0.15, 0.2) is 0 Å². The summed E-state index contributed by atoms with van der Waals surface area (Å²) in [5, 5.41) is 10.2. The van der Waals surface area contributed by atoms with Crippen LogP contribution in [0.25, 0.3) is 116 Å². The summed E-state index contributed by atoms with van der Waals surface area (Å²) in [6.45, 7) is 17.4. The molecule has 2 heteroatoms. The molecule has 0 amide bonds. The molecule has 0 radical (unpaired) electrons. The van der Waals surface area contributed by atoms with Gasteiger partial charge in [-0.15, -0.1) is 0 Å². The number of rotatable bonds is 7. The molecular weight excluding hydrogens is 765 g/mol. The molecule has 1 aliphatic carbocycles. The molecule has 2 heterocycles. The van der Waals surface area contributed by atoms with Gasteiger partial charge in [0.1, 0.15) is 16.7 Å². The molecule has 2 nitrogen and oxygen atoms in total. The van der Waals surface area contributed by atoms with Gasteiger partial charge in [-0.1, -0.05) is 167 Å². The molecule has 1 aliphatic rings.